The van der Waals surface area contributed by atoms with Gasteiger partial charge >= 0.3 is 5.97 Å². The van der Waals surface area contributed by atoms with Gasteiger partial charge in [-0.2, -0.15) is 0 Å². The summed E-state index contributed by atoms with van der Waals surface area (Å²) in [5.41, 5.74) is 1.50. The molecule has 2 bridgehead atoms. The van der Waals surface area contributed by atoms with Gasteiger partial charge in [-0.15, -0.1) is 0 Å². The summed E-state index contributed by atoms with van der Waals surface area (Å²) in [5.74, 6) is -0.245. The maximum absolute atomic E-state index is 13.6. The standard InChI is InChI=1S/C27H23FN2O4/c28-18-1-2-22-17(7-18)8-19(34-22)12-30-6-3-16-10-29-11-20(23(16)30)21(31)9-26(4-5-26)27-13-25(14-27,15-27)24(32)33/h1-3,6-8,10-11H,4-5,9,12-15H2,(H,32,33). The Morgan fingerprint density at radius 3 is 2.62 bits per heavy atom. The van der Waals surface area contributed by atoms with Crippen LogP contribution in [0.5, 0.6) is 0 Å². The number of pyridine rings is 1. The largest absolute Gasteiger partial charge is 0.481 e. The van der Waals surface area contributed by atoms with Crippen LogP contribution in [0.1, 0.15) is 54.6 Å². The maximum Gasteiger partial charge on any atom is 0.309 e. The monoisotopic (exact) mass is 458 g/mol. The van der Waals surface area contributed by atoms with E-state index in [1.165, 1.54) is 12.1 Å². The lowest BCUT2D eigenvalue weighted by Gasteiger charge is -2.72. The van der Waals surface area contributed by atoms with E-state index in [-0.39, 0.29) is 22.4 Å². The molecule has 7 heteroatoms. The number of carboxylic acid groups (broad SMARTS) is 1. The van der Waals surface area contributed by atoms with Crippen molar-refractivity contribution in [2.75, 3.05) is 0 Å². The molecule has 0 amide bonds. The Bertz CT molecular complexity index is 1510. The van der Waals surface area contributed by atoms with Crippen molar-refractivity contribution in [2.45, 2.75) is 45.1 Å². The third kappa shape index (κ3) is 2.58. The van der Waals surface area contributed by atoms with E-state index in [9.17, 15) is 19.1 Å². The second-order valence-corrected chi connectivity index (χ2v) is 10.7. The maximum atomic E-state index is 13.6. The van der Waals surface area contributed by atoms with Gasteiger partial charge in [0.1, 0.15) is 17.2 Å². The lowest BCUT2D eigenvalue weighted by Crippen LogP contribution is -2.69. The fraction of sp³-hybridized carbons (Fsp3) is 0.370. The van der Waals surface area contributed by atoms with E-state index in [0.29, 0.717) is 54.5 Å². The molecule has 0 aliphatic heterocycles. The van der Waals surface area contributed by atoms with Gasteiger partial charge in [0.05, 0.1) is 23.0 Å². The number of nitrogens with zero attached hydrogens (tertiary/aromatic N) is 2. The lowest BCUT2D eigenvalue weighted by atomic mass is 9.30. The molecular formula is C27H23FN2O4. The summed E-state index contributed by atoms with van der Waals surface area (Å²) in [6.07, 6.45) is 9.90. The number of hydrogen-bond donors (Lipinski definition) is 1. The molecule has 4 aliphatic rings. The predicted molar refractivity (Wildman–Crippen MR) is 122 cm³/mol. The van der Waals surface area contributed by atoms with Crippen molar-refractivity contribution >= 4 is 33.6 Å². The molecule has 4 fully saturated rings. The number of carbonyl (C=O) groups excluding carboxylic acids is 1. The summed E-state index contributed by atoms with van der Waals surface area (Å²) >= 11 is 0. The van der Waals surface area contributed by atoms with Crippen LogP contribution in [0, 0.1) is 22.1 Å². The van der Waals surface area contributed by atoms with Gasteiger partial charge in [0.2, 0.25) is 0 Å². The number of rotatable bonds is 7. The smallest absolute Gasteiger partial charge is 0.309 e. The van der Waals surface area contributed by atoms with Crippen LogP contribution in [0.2, 0.25) is 0 Å². The van der Waals surface area contributed by atoms with Gasteiger partial charge in [-0.05, 0) is 73.3 Å². The first-order valence-electron chi connectivity index (χ1n) is 11.7. The zero-order chi connectivity index (χ0) is 23.3. The van der Waals surface area contributed by atoms with Gasteiger partial charge in [-0.3, -0.25) is 14.6 Å². The predicted octanol–water partition coefficient (Wildman–Crippen LogP) is 5.58. The van der Waals surface area contributed by atoms with Crippen molar-refractivity contribution in [1.29, 1.82) is 0 Å². The minimum Gasteiger partial charge on any atom is -0.481 e. The average molecular weight is 458 g/mol. The number of aliphatic carboxylic acids is 1. The van der Waals surface area contributed by atoms with Crippen LogP contribution >= 0.6 is 0 Å². The Morgan fingerprint density at radius 1 is 1.09 bits per heavy atom. The molecule has 1 N–H and O–H groups in total. The molecule has 8 rings (SSSR count). The number of ketones is 1. The summed E-state index contributed by atoms with van der Waals surface area (Å²) in [4.78, 5) is 29.4. The quantitative estimate of drug-likeness (QED) is 0.366. The van der Waals surface area contributed by atoms with Gasteiger partial charge in [0.15, 0.2) is 5.78 Å². The van der Waals surface area contributed by atoms with Gasteiger partial charge in [0, 0.05) is 35.8 Å². The van der Waals surface area contributed by atoms with Crippen molar-refractivity contribution in [3.63, 3.8) is 0 Å². The Labute approximate surface area is 194 Å². The van der Waals surface area contributed by atoms with Crippen molar-refractivity contribution in [3.8, 4) is 0 Å². The number of fused-ring (bicyclic) bond motifs is 2. The molecule has 172 valence electrons. The number of furan rings is 1. The Morgan fingerprint density at radius 2 is 1.88 bits per heavy atom. The first-order chi connectivity index (χ1) is 16.3. The highest BCUT2D eigenvalue weighted by Crippen LogP contribution is 2.85. The summed E-state index contributed by atoms with van der Waals surface area (Å²) in [7, 11) is 0. The summed E-state index contributed by atoms with van der Waals surface area (Å²) in [6, 6.07) is 8.21. The molecule has 4 aliphatic carbocycles. The van der Waals surface area contributed by atoms with Crippen molar-refractivity contribution in [1.82, 2.24) is 9.55 Å². The molecule has 0 saturated heterocycles. The Balaban J connectivity index is 1.18. The van der Waals surface area contributed by atoms with E-state index < -0.39 is 11.4 Å². The number of hydrogen-bond acceptors (Lipinski definition) is 4. The van der Waals surface area contributed by atoms with E-state index >= 15 is 0 Å². The van der Waals surface area contributed by atoms with Crippen LogP contribution in [0.25, 0.3) is 21.9 Å². The number of halogens is 1. The van der Waals surface area contributed by atoms with Crippen LogP contribution in [0.3, 0.4) is 0 Å². The van der Waals surface area contributed by atoms with Gasteiger partial charge < -0.3 is 14.1 Å². The van der Waals surface area contributed by atoms with Crippen molar-refractivity contribution in [2.24, 2.45) is 16.2 Å². The SMILES string of the molecule is O=C(CC1(C23CC(C(=O)O)(C2)C3)CC1)c1cncc2ccn(Cc3cc4cc(F)ccc4o3)c12. The Kier molecular flexibility index (Phi) is 3.72. The third-order valence-corrected chi connectivity index (χ3v) is 8.78. The molecule has 0 radical (unpaired) electrons. The second-order valence-electron chi connectivity index (χ2n) is 10.7. The molecule has 4 saturated carbocycles. The Hall–Kier alpha value is -3.48. The fourth-order valence-corrected chi connectivity index (χ4v) is 6.83. The number of carboxylic acids is 1. The molecule has 0 atom stereocenters. The van der Waals surface area contributed by atoms with E-state index in [4.69, 9.17) is 4.42 Å². The molecule has 0 spiro atoms. The molecule has 4 aromatic rings. The van der Waals surface area contributed by atoms with Crippen LogP contribution in [-0.2, 0) is 11.3 Å². The molecule has 3 aromatic heterocycles. The molecule has 0 unspecified atom stereocenters. The van der Waals surface area contributed by atoms with Crippen molar-refractivity contribution < 1.29 is 23.5 Å². The summed E-state index contributed by atoms with van der Waals surface area (Å²) in [6.45, 7) is 0.417. The number of benzene rings is 1. The van der Waals surface area contributed by atoms with Crippen molar-refractivity contribution in [3.05, 3.63) is 66.1 Å². The third-order valence-electron chi connectivity index (χ3n) is 8.78. The molecule has 3 heterocycles. The zero-order valence-electron chi connectivity index (χ0n) is 18.5. The zero-order valence-corrected chi connectivity index (χ0v) is 18.5. The van der Waals surface area contributed by atoms with Crippen LogP contribution < -0.4 is 0 Å². The average Bonchev–Trinajstić information content (AvgIpc) is 3.21. The number of Topliss-reactive ketones (excluding diaryl/α,β-unsaturated/α-hetero) is 1. The minimum absolute atomic E-state index is 0.0356. The summed E-state index contributed by atoms with van der Waals surface area (Å²) < 4.78 is 21.5. The summed E-state index contributed by atoms with van der Waals surface area (Å²) in [5, 5.41) is 11.1. The minimum atomic E-state index is -0.684. The number of carbonyl (C=O) groups is 2. The van der Waals surface area contributed by atoms with E-state index in [1.807, 2.05) is 22.9 Å². The first kappa shape index (κ1) is 19.9. The normalized spacial score (nSPS) is 26.3. The van der Waals surface area contributed by atoms with Gasteiger partial charge in [-0.25, -0.2) is 4.39 Å². The van der Waals surface area contributed by atoms with Crippen LogP contribution in [-0.4, -0.2) is 26.4 Å². The van der Waals surface area contributed by atoms with Gasteiger partial charge in [0.25, 0.3) is 0 Å². The highest BCUT2D eigenvalue weighted by molar-refractivity contribution is 6.07. The first-order valence-corrected chi connectivity index (χ1v) is 11.7. The molecule has 34 heavy (non-hydrogen) atoms. The van der Waals surface area contributed by atoms with Crippen LogP contribution in [0.4, 0.5) is 4.39 Å². The fourth-order valence-electron chi connectivity index (χ4n) is 6.83. The highest BCUT2D eigenvalue weighted by atomic mass is 19.1. The highest BCUT2D eigenvalue weighted by Gasteiger charge is 2.80. The van der Waals surface area contributed by atoms with E-state index in [1.54, 1.807) is 18.5 Å². The van der Waals surface area contributed by atoms with E-state index in [2.05, 4.69) is 4.98 Å². The molecule has 1 aromatic carbocycles. The van der Waals surface area contributed by atoms with E-state index in [0.717, 1.165) is 23.7 Å². The topological polar surface area (TPSA) is 85.3 Å². The van der Waals surface area contributed by atoms with Crippen LogP contribution in [0.15, 0.2) is 53.3 Å². The second kappa shape index (κ2) is 6.34. The molecule has 6 nitrogen and oxygen atoms in total. The van der Waals surface area contributed by atoms with Gasteiger partial charge in [-0.1, -0.05) is 0 Å². The number of aromatic nitrogens is 2. The molecular weight excluding hydrogens is 435 g/mol. The lowest BCUT2D eigenvalue weighted by molar-refractivity contribution is -0.248.